The molecule has 0 N–H and O–H groups in total. The van der Waals surface area contributed by atoms with Crippen LogP contribution in [0.5, 0.6) is 0 Å². The Morgan fingerprint density at radius 1 is 1.00 bits per heavy atom. The van der Waals surface area contributed by atoms with Crippen LogP contribution in [0.15, 0.2) is 48.5 Å². The molecule has 2 aliphatic rings. The molecular weight excluding hydrogens is 379 g/mol. The van der Waals surface area contributed by atoms with Crippen LogP contribution in [0.2, 0.25) is 0 Å². The van der Waals surface area contributed by atoms with Crippen LogP contribution in [0.25, 0.3) is 0 Å². The highest BCUT2D eigenvalue weighted by molar-refractivity contribution is 5.95. The number of piperidine rings is 1. The van der Waals surface area contributed by atoms with Crippen molar-refractivity contribution >= 4 is 17.3 Å². The maximum Gasteiger partial charge on any atom is 0.253 e. The molecule has 6 heteroatoms. The molecule has 0 aliphatic carbocycles. The van der Waals surface area contributed by atoms with Crippen molar-refractivity contribution in [1.82, 2.24) is 9.80 Å². The number of hydrogen-bond donors (Lipinski definition) is 0. The molecule has 0 bridgehead atoms. The van der Waals surface area contributed by atoms with Crippen molar-refractivity contribution in [2.45, 2.75) is 18.9 Å². The third kappa shape index (κ3) is 4.59. The third-order valence-electron chi connectivity index (χ3n) is 6.32. The number of carbonyl (C=O) groups is 1. The molecule has 5 nitrogen and oxygen atoms in total. The molecule has 4 rings (SSSR count). The Balaban J connectivity index is 1.36. The predicted molar refractivity (Wildman–Crippen MR) is 120 cm³/mol. The van der Waals surface area contributed by atoms with Gasteiger partial charge in [0.2, 0.25) is 0 Å². The first-order valence-corrected chi connectivity index (χ1v) is 10.8. The zero-order valence-electron chi connectivity index (χ0n) is 17.9. The summed E-state index contributed by atoms with van der Waals surface area (Å²) in [6.07, 6.45) is 2.18. The maximum atomic E-state index is 13.2. The van der Waals surface area contributed by atoms with Crippen LogP contribution in [0.4, 0.5) is 15.8 Å². The van der Waals surface area contributed by atoms with Crippen molar-refractivity contribution in [3.05, 3.63) is 59.9 Å². The number of halogens is 1. The number of nitrogens with zero attached hydrogens (tertiary/aromatic N) is 4. The molecule has 2 aromatic rings. The molecular formula is C24H31FN4O. The standard InChI is InChI=1S/C24H31FN4O/c1-26(2)22-6-3-5-19(17-22)24(30)29-12-4-7-23(18-29)28-15-13-27(14-16-28)21-10-8-20(25)9-11-21/h3,5-6,8-11,17,23H,4,7,12-16,18H2,1-2H3. The van der Waals surface area contributed by atoms with Gasteiger partial charge in [-0.05, 0) is 55.3 Å². The molecule has 1 amide bonds. The summed E-state index contributed by atoms with van der Waals surface area (Å²) in [5.74, 6) is -0.0613. The highest BCUT2D eigenvalue weighted by Crippen LogP contribution is 2.23. The van der Waals surface area contributed by atoms with Gasteiger partial charge in [-0.2, -0.15) is 0 Å². The fourth-order valence-electron chi connectivity index (χ4n) is 4.53. The van der Waals surface area contributed by atoms with Crippen molar-refractivity contribution in [3.63, 3.8) is 0 Å². The van der Waals surface area contributed by atoms with E-state index in [-0.39, 0.29) is 11.7 Å². The Morgan fingerprint density at radius 3 is 2.43 bits per heavy atom. The van der Waals surface area contributed by atoms with E-state index in [1.54, 1.807) is 0 Å². The zero-order valence-corrected chi connectivity index (χ0v) is 17.9. The van der Waals surface area contributed by atoms with Crippen LogP contribution in [0.3, 0.4) is 0 Å². The molecule has 0 saturated carbocycles. The summed E-state index contributed by atoms with van der Waals surface area (Å²) in [4.78, 5) is 22.0. The van der Waals surface area contributed by atoms with Crippen LogP contribution in [-0.4, -0.2) is 75.1 Å². The summed E-state index contributed by atoms with van der Waals surface area (Å²) in [5, 5.41) is 0. The van der Waals surface area contributed by atoms with E-state index in [1.807, 2.05) is 60.3 Å². The number of hydrogen-bond acceptors (Lipinski definition) is 4. The Morgan fingerprint density at radius 2 is 1.73 bits per heavy atom. The van der Waals surface area contributed by atoms with Gasteiger partial charge < -0.3 is 14.7 Å². The van der Waals surface area contributed by atoms with E-state index in [2.05, 4.69) is 9.80 Å². The second kappa shape index (κ2) is 9.04. The average Bonchev–Trinajstić information content (AvgIpc) is 2.79. The van der Waals surface area contributed by atoms with Gasteiger partial charge in [0, 0.05) is 76.3 Å². The van der Waals surface area contributed by atoms with Gasteiger partial charge in [-0.15, -0.1) is 0 Å². The smallest absolute Gasteiger partial charge is 0.253 e. The summed E-state index contributed by atoms with van der Waals surface area (Å²) in [7, 11) is 3.98. The molecule has 1 unspecified atom stereocenters. The number of anilines is 2. The second-order valence-electron chi connectivity index (χ2n) is 8.49. The van der Waals surface area contributed by atoms with E-state index < -0.39 is 0 Å². The molecule has 2 saturated heterocycles. The first-order chi connectivity index (χ1) is 14.5. The minimum atomic E-state index is -0.194. The van der Waals surface area contributed by atoms with Gasteiger partial charge in [0.05, 0.1) is 0 Å². The van der Waals surface area contributed by atoms with Crippen LogP contribution in [-0.2, 0) is 0 Å². The van der Waals surface area contributed by atoms with E-state index in [4.69, 9.17) is 0 Å². The zero-order chi connectivity index (χ0) is 21.1. The van der Waals surface area contributed by atoms with Gasteiger partial charge in [0.25, 0.3) is 5.91 Å². The predicted octanol–water partition coefficient (Wildman–Crippen LogP) is 3.32. The summed E-state index contributed by atoms with van der Waals surface area (Å²) >= 11 is 0. The molecule has 2 aromatic carbocycles. The summed E-state index contributed by atoms with van der Waals surface area (Å²) in [5.41, 5.74) is 2.89. The molecule has 0 spiro atoms. The third-order valence-corrected chi connectivity index (χ3v) is 6.32. The molecule has 1 atom stereocenters. The quantitative estimate of drug-likeness (QED) is 0.774. The molecule has 30 heavy (non-hydrogen) atoms. The number of carbonyl (C=O) groups excluding carboxylic acids is 1. The van der Waals surface area contributed by atoms with Gasteiger partial charge in [-0.3, -0.25) is 9.69 Å². The molecule has 0 radical (unpaired) electrons. The first-order valence-electron chi connectivity index (χ1n) is 10.8. The number of amides is 1. The van der Waals surface area contributed by atoms with Gasteiger partial charge in [0.15, 0.2) is 0 Å². The van der Waals surface area contributed by atoms with E-state index in [9.17, 15) is 9.18 Å². The normalized spacial score (nSPS) is 20.3. The molecule has 2 heterocycles. The number of piperazine rings is 1. The number of rotatable bonds is 4. The van der Waals surface area contributed by atoms with Gasteiger partial charge in [-0.1, -0.05) is 6.07 Å². The van der Waals surface area contributed by atoms with E-state index in [0.717, 1.165) is 69.0 Å². The Labute approximate surface area is 178 Å². The summed E-state index contributed by atoms with van der Waals surface area (Å²) < 4.78 is 13.2. The Kier molecular flexibility index (Phi) is 6.23. The lowest BCUT2D eigenvalue weighted by Gasteiger charge is -2.44. The van der Waals surface area contributed by atoms with Gasteiger partial charge in [0.1, 0.15) is 5.82 Å². The highest BCUT2D eigenvalue weighted by Gasteiger charge is 2.30. The van der Waals surface area contributed by atoms with Crippen molar-refractivity contribution < 1.29 is 9.18 Å². The minimum absolute atomic E-state index is 0.133. The highest BCUT2D eigenvalue weighted by atomic mass is 19.1. The van der Waals surface area contributed by atoms with E-state index in [1.165, 1.54) is 12.1 Å². The molecule has 0 aromatic heterocycles. The average molecular weight is 411 g/mol. The lowest BCUT2D eigenvalue weighted by Crippen LogP contribution is -2.55. The molecule has 2 fully saturated rings. The van der Waals surface area contributed by atoms with Crippen LogP contribution in [0.1, 0.15) is 23.2 Å². The fraction of sp³-hybridized carbons (Fsp3) is 0.458. The van der Waals surface area contributed by atoms with Crippen molar-refractivity contribution in [2.75, 3.05) is 63.2 Å². The number of likely N-dealkylation sites (tertiary alicyclic amines) is 1. The summed E-state index contributed by atoms with van der Waals surface area (Å²) in [6.45, 7) is 5.43. The lowest BCUT2D eigenvalue weighted by atomic mass is 10.0. The Hall–Kier alpha value is -2.60. The molecule has 2 aliphatic heterocycles. The first kappa shape index (κ1) is 20.7. The van der Waals surface area contributed by atoms with Gasteiger partial charge >= 0.3 is 0 Å². The summed E-state index contributed by atoms with van der Waals surface area (Å²) in [6, 6.07) is 15.1. The van der Waals surface area contributed by atoms with Gasteiger partial charge in [-0.25, -0.2) is 4.39 Å². The van der Waals surface area contributed by atoms with Crippen molar-refractivity contribution in [2.24, 2.45) is 0 Å². The molecule has 160 valence electrons. The SMILES string of the molecule is CN(C)c1cccc(C(=O)N2CCCC(N3CCN(c4ccc(F)cc4)CC3)C2)c1. The van der Waals surface area contributed by atoms with E-state index >= 15 is 0 Å². The second-order valence-corrected chi connectivity index (χ2v) is 8.49. The van der Waals surface area contributed by atoms with Crippen LogP contribution >= 0.6 is 0 Å². The largest absolute Gasteiger partial charge is 0.378 e. The van der Waals surface area contributed by atoms with Crippen LogP contribution in [0, 0.1) is 5.82 Å². The van der Waals surface area contributed by atoms with E-state index in [0.29, 0.717) is 6.04 Å². The number of benzene rings is 2. The maximum absolute atomic E-state index is 13.2. The fourth-order valence-corrected chi connectivity index (χ4v) is 4.53. The topological polar surface area (TPSA) is 30.0 Å². The van der Waals surface area contributed by atoms with Crippen LogP contribution < -0.4 is 9.80 Å². The monoisotopic (exact) mass is 410 g/mol. The minimum Gasteiger partial charge on any atom is -0.378 e. The van der Waals surface area contributed by atoms with Crippen molar-refractivity contribution in [3.8, 4) is 0 Å². The Bertz CT molecular complexity index is 862. The lowest BCUT2D eigenvalue weighted by molar-refractivity contribution is 0.0563. The van der Waals surface area contributed by atoms with Crippen molar-refractivity contribution in [1.29, 1.82) is 0 Å².